The van der Waals surface area contributed by atoms with Gasteiger partial charge in [-0.25, -0.2) is 4.68 Å². The summed E-state index contributed by atoms with van der Waals surface area (Å²) in [7, 11) is 0. The van der Waals surface area contributed by atoms with Gasteiger partial charge < -0.3 is 11.1 Å². The van der Waals surface area contributed by atoms with Crippen LogP contribution in [0.25, 0.3) is 15.9 Å². The van der Waals surface area contributed by atoms with E-state index in [-0.39, 0.29) is 5.91 Å². The van der Waals surface area contributed by atoms with E-state index in [4.69, 9.17) is 17.3 Å². The van der Waals surface area contributed by atoms with Crippen molar-refractivity contribution in [3.8, 4) is 5.69 Å². The standard InChI is InChI=1S/C20H15ClN4O2S/c1-11-16-10-17(19(27)23-14-7-5-12(6-8-14)18(22)26)28-20(16)25(24-11)15-4-2-3-13(21)9-15/h2-10H,1H3,(H2,22,26)(H,23,27). The first kappa shape index (κ1) is 18.2. The SMILES string of the molecule is Cc1nn(-c2cccc(Cl)c2)c2sc(C(=O)Nc3ccc(C(N)=O)cc3)cc12. The lowest BCUT2D eigenvalue weighted by Crippen LogP contribution is -2.12. The predicted octanol–water partition coefficient (Wildman–Crippen LogP) is 4.40. The number of benzene rings is 2. The topological polar surface area (TPSA) is 90.0 Å². The van der Waals surface area contributed by atoms with Crippen molar-refractivity contribution in [3.05, 3.63) is 75.8 Å². The van der Waals surface area contributed by atoms with Gasteiger partial charge in [0, 0.05) is 21.7 Å². The highest BCUT2D eigenvalue weighted by Crippen LogP contribution is 2.31. The van der Waals surface area contributed by atoms with Gasteiger partial charge in [-0.15, -0.1) is 11.3 Å². The number of nitrogens with one attached hydrogen (secondary N) is 1. The highest BCUT2D eigenvalue weighted by atomic mass is 35.5. The van der Waals surface area contributed by atoms with Gasteiger partial charge in [0.15, 0.2) is 0 Å². The third kappa shape index (κ3) is 3.37. The second-order valence-corrected chi connectivity index (χ2v) is 7.67. The van der Waals surface area contributed by atoms with Gasteiger partial charge in [0.05, 0.1) is 16.3 Å². The summed E-state index contributed by atoms with van der Waals surface area (Å²) < 4.78 is 1.79. The molecule has 28 heavy (non-hydrogen) atoms. The van der Waals surface area contributed by atoms with Gasteiger partial charge in [-0.1, -0.05) is 17.7 Å². The highest BCUT2D eigenvalue weighted by Gasteiger charge is 2.17. The number of carbonyl (C=O) groups excluding carboxylic acids is 2. The van der Waals surface area contributed by atoms with Crippen LogP contribution in [-0.4, -0.2) is 21.6 Å². The molecule has 0 radical (unpaired) electrons. The quantitative estimate of drug-likeness (QED) is 0.522. The molecule has 0 aliphatic rings. The number of rotatable bonds is 4. The van der Waals surface area contributed by atoms with Crippen LogP contribution in [0.5, 0.6) is 0 Å². The van der Waals surface area contributed by atoms with Crippen molar-refractivity contribution in [2.45, 2.75) is 6.92 Å². The van der Waals surface area contributed by atoms with Crippen LogP contribution >= 0.6 is 22.9 Å². The second kappa shape index (κ2) is 7.10. The maximum Gasteiger partial charge on any atom is 0.265 e. The fourth-order valence-electron chi connectivity index (χ4n) is 2.85. The van der Waals surface area contributed by atoms with Crippen molar-refractivity contribution in [3.63, 3.8) is 0 Å². The molecule has 0 aliphatic carbocycles. The summed E-state index contributed by atoms with van der Waals surface area (Å²) in [5.74, 6) is -0.742. The van der Waals surface area contributed by atoms with E-state index in [1.165, 1.54) is 11.3 Å². The molecule has 140 valence electrons. The second-order valence-electron chi connectivity index (χ2n) is 6.20. The summed E-state index contributed by atoms with van der Waals surface area (Å²) in [6.07, 6.45) is 0. The molecule has 0 aliphatic heterocycles. The van der Waals surface area contributed by atoms with Crippen molar-refractivity contribution in [2.75, 3.05) is 5.32 Å². The van der Waals surface area contributed by atoms with Gasteiger partial charge in [-0.05, 0) is 55.5 Å². The van der Waals surface area contributed by atoms with E-state index >= 15 is 0 Å². The molecule has 0 unspecified atom stereocenters. The van der Waals surface area contributed by atoms with E-state index in [1.54, 1.807) is 35.0 Å². The third-order valence-corrected chi connectivity index (χ3v) is 5.59. The molecule has 3 N–H and O–H groups in total. The molecule has 8 heteroatoms. The van der Waals surface area contributed by atoms with Gasteiger partial charge in [-0.3, -0.25) is 9.59 Å². The smallest absolute Gasteiger partial charge is 0.265 e. The zero-order valence-corrected chi connectivity index (χ0v) is 16.3. The Balaban J connectivity index is 1.65. The van der Waals surface area contributed by atoms with Crippen molar-refractivity contribution in [1.29, 1.82) is 0 Å². The molecule has 0 bridgehead atoms. The Kier molecular flexibility index (Phi) is 4.62. The number of nitrogens with zero attached hydrogens (tertiary/aromatic N) is 2. The summed E-state index contributed by atoms with van der Waals surface area (Å²) in [5, 5.41) is 8.93. The Bertz CT molecular complexity index is 1210. The van der Waals surface area contributed by atoms with Crippen LogP contribution in [0.4, 0.5) is 5.69 Å². The van der Waals surface area contributed by atoms with E-state index in [9.17, 15) is 9.59 Å². The fraction of sp³-hybridized carbons (Fsp3) is 0.0500. The summed E-state index contributed by atoms with van der Waals surface area (Å²) >= 11 is 7.45. The number of amides is 2. The number of hydrogen-bond acceptors (Lipinski definition) is 4. The Labute approximate surface area is 169 Å². The number of thiophene rings is 1. The third-order valence-electron chi connectivity index (χ3n) is 4.25. The Morgan fingerprint density at radius 2 is 1.89 bits per heavy atom. The lowest BCUT2D eigenvalue weighted by atomic mass is 10.2. The minimum atomic E-state index is -0.511. The number of nitrogens with two attached hydrogens (primary N) is 1. The van der Waals surface area contributed by atoms with Crippen LogP contribution in [-0.2, 0) is 0 Å². The molecule has 4 rings (SSSR count). The van der Waals surface area contributed by atoms with Crippen LogP contribution < -0.4 is 11.1 Å². The highest BCUT2D eigenvalue weighted by molar-refractivity contribution is 7.20. The summed E-state index contributed by atoms with van der Waals surface area (Å²) in [5.41, 5.74) is 7.87. The molecule has 2 amide bonds. The van der Waals surface area contributed by atoms with Gasteiger partial charge in [0.1, 0.15) is 4.83 Å². The number of halogens is 1. The average molecular weight is 411 g/mol. The molecule has 2 aromatic carbocycles. The van der Waals surface area contributed by atoms with E-state index in [2.05, 4.69) is 10.4 Å². The van der Waals surface area contributed by atoms with E-state index in [1.807, 2.05) is 31.2 Å². The normalized spacial score (nSPS) is 10.9. The molecule has 6 nitrogen and oxygen atoms in total. The first-order chi connectivity index (χ1) is 13.4. The van der Waals surface area contributed by atoms with Gasteiger partial charge in [-0.2, -0.15) is 5.10 Å². The number of carbonyl (C=O) groups is 2. The lowest BCUT2D eigenvalue weighted by Gasteiger charge is -2.04. The molecule has 4 aromatic rings. The minimum Gasteiger partial charge on any atom is -0.366 e. The molecular formula is C20H15ClN4O2S. The Hall–Kier alpha value is -3.16. The van der Waals surface area contributed by atoms with Gasteiger partial charge in [0.25, 0.3) is 5.91 Å². The van der Waals surface area contributed by atoms with Gasteiger partial charge in [0.2, 0.25) is 5.91 Å². The fourth-order valence-corrected chi connectivity index (χ4v) is 4.12. The number of aromatic nitrogens is 2. The zero-order chi connectivity index (χ0) is 19.8. The molecule has 0 saturated carbocycles. The molecule has 2 heterocycles. The predicted molar refractivity (Wildman–Crippen MR) is 112 cm³/mol. The number of aryl methyl sites for hydroxylation is 1. The molecule has 0 saturated heterocycles. The van der Waals surface area contributed by atoms with Gasteiger partial charge >= 0.3 is 0 Å². The Morgan fingerprint density at radius 3 is 2.57 bits per heavy atom. The van der Waals surface area contributed by atoms with E-state index in [0.717, 1.165) is 21.6 Å². The van der Waals surface area contributed by atoms with Crippen LogP contribution in [0.3, 0.4) is 0 Å². The summed E-state index contributed by atoms with van der Waals surface area (Å²) in [6, 6.07) is 15.7. The number of primary amides is 1. The molecule has 2 aromatic heterocycles. The molecule has 0 atom stereocenters. The Morgan fingerprint density at radius 1 is 1.14 bits per heavy atom. The number of fused-ring (bicyclic) bond motifs is 1. The van der Waals surface area contributed by atoms with Crippen LogP contribution in [0.15, 0.2) is 54.6 Å². The maximum absolute atomic E-state index is 12.7. The van der Waals surface area contributed by atoms with Crippen LogP contribution in [0, 0.1) is 6.92 Å². The lowest BCUT2D eigenvalue weighted by molar-refractivity contribution is 0.0998. The maximum atomic E-state index is 12.7. The average Bonchev–Trinajstić information content (AvgIpc) is 3.23. The van der Waals surface area contributed by atoms with Crippen molar-refractivity contribution < 1.29 is 9.59 Å². The largest absolute Gasteiger partial charge is 0.366 e. The van der Waals surface area contributed by atoms with Crippen LogP contribution in [0.1, 0.15) is 25.7 Å². The monoisotopic (exact) mass is 410 g/mol. The zero-order valence-electron chi connectivity index (χ0n) is 14.8. The van der Waals surface area contributed by atoms with E-state index in [0.29, 0.717) is 21.2 Å². The molecule has 0 spiro atoms. The number of anilines is 1. The molecule has 0 fully saturated rings. The minimum absolute atomic E-state index is 0.231. The van der Waals surface area contributed by atoms with Crippen molar-refractivity contribution in [1.82, 2.24) is 9.78 Å². The number of hydrogen-bond donors (Lipinski definition) is 2. The first-order valence-electron chi connectivity index (χ1n) is 8.39. The van der Waals surface area contributed by atoms with Crippen LogP contribution in [0.2, 0.25) is 5.02 Å². The van der Waals surface area contributed by atoms with Crippen molar-refractivity contribution in [2.24, 2.45) is 5.73 Å². The van der Waals surface area contributed by atoms with E-state index < -0.39 is 5.91 Å². The van der Waals surface area contributed by atoms with Crippen molar-refractivity contribution >= 4 is 50.7 Å². The first-order valence-corrected chi connectivity index (χ1v) is 9.58. The summed E-state index contributed by atoms with van der Waals surface area (Å²) in [4.78, 5) is 25.2. The molecular weight excluding hydrogens is 396 g/mol. The summed E-state index contributed by atoms with van der Waals surface area (Å²) in [6.45, 7) is 1.90.